The monoisotopic (exact) mass is 439 g/mol. The van der Waals surface area contributed by atoms with E-state index in [0.29, 0.717) is 35.1 Å². The number of hydrogen-bond acceptors (Lipinski definition) is 5. The molecule has 2 heterocycles. The maximum absolute atomic E-state index is 13.1. The second-order valence-corrected chi connectivity index (χ2v) is 7.89. The zero-order valence-electron chi connectivity index (χ0n) is 17.3. The number of urea groups is 1. The van der Waals surface area contributed by atoms with E-state index in [1.807, 2.05) is 25.1 Å². The predicted octanol–water partition coefficient (Wildman–Crippen LogP) is 3.46. The highest BCUT2D eigenvalue weighted by Crippen LogP contribution is 2.30. The van der Waals surface area contributed by atoms with Crippen molar-refractivity contribution in [2.75, 3.05) is 36.1 Å². The molecule has 0 unspecified atom stereocenters. The summed E-state index contributed by atoms with van der Waals surface area (Å²) in [5.74, 6) is -1.41. The van der Waals surface area contributed by atoms with Crippen molar-refractivity contribution in [1.82, 2.24) is 5.32 Å². The number of halogens is 1. The molecule has 8 heteroatoms. The van der Waals surface area contributed by atoms with E-state index >= 15 is 0 Å². The van der Waals surface area contributed by atoms with Gasteiger partial charge < -0.3 is 9.64 Å². The number of hydrogen-bond donors (Lipinski definition) is 1. The van der Waals surface area contributed by atoms with Crippen molar-refractivity contribution in [2.45, 2.75) is 13.8 Å². The van der Waals surface area contributed by atoms with Crippen LogP contribution in [-0.2, 0) is 14.3 Å². The van der Waals surface area contributed by atoms with E-state index in [4.69, 9.17) is 16.3 Å². The summed E-state index contributed by atoms with van der Waals surface area (Å²) < 4.78 is 5.41. The highest BCUT2D eigenvalue weighted by atomic mass is 35.5. The number of barbiturate groups is 1. The van der Waals surface area contributed by atoms with Crippen molar-refractivity contribution in [3.05, 3.63) is 63.7 Å². The molecule has 2 aromatic rings. The molecule has 160 valence electrons. The standard InChI is InChI=1S/C23H22ClN3O4/c1-14-12-16(6-7-19(14)26-8-10-31-11-9-26)13-17-21(28)25-23(30)27(22(17)29)20-5-3-4-18(24)15(20)2/h3-7,12-13H,8-11H2,1-2H3,(H,25,28,30)/b17-13+. The highest BCUT2D eigenvalue weighted by molar-refractivity contribution is 6.39. The van der Waals surface area contributed by atoms with E-state index in [2.05, 4.69) is 10.2 Å². The first-order chi connectivity index (χ1) is 14.9. The zero-order valence-corrected chi connectivity index (χ0v) is 18.0. The van der Waals surface area contributed by atoms with Gasteiger partial charge in [-0.05, 0) is 60.9 Å². The summed E-state index contributed by atoms with van der Waals surface area (Å²) >= 11 is 6.16. The normalized spacial score (nSPS) is 18.5. The van der Waals surface area contributed by atoms with Gasteiger partial charge in [0.2, 0.25) is 0 Å². The summed E-state index contributed by atoms with van der Waals surface area (Å²) in [4.78, 5) is 41.2. The van der Waals surface area contributed by atoms with E-state index in [-0.39, 0.29) is 5.57 Å². The fourth-order valence-corrected chi connectivity index (χ4v) is 3.98. The molecular formula is C23H22ClN3O4. The van der Waals surface area contributed by atoms with E-state index in [9.17, 15) is 14.4 Å². The summed E-state index contributed by atoms with van der Waals surface area (Å²) in [5, 5.41) is 2.67. The van der Waals surface area contributed by atoms with Crippen LogP contribution in [0, 0.1) is 13.8 Å². The number of carbonyl (C=O) groups excluding carboxylic acids is 3. The van der Waals surface area contributed by atoms with Crippen molar-refractivity contribution in [2.24, 2.45) is 0 Å². The smallest absolute Gasteiger partial charge is 0.335 e. The summed E-state index contributed by atoms with van der Waals surface area (Å²) in [5.41, 5.74) is 3.62. The number of imide groups is 2. The fraction of sp³-hybridized carbons (Fsp3) is 0.261. The predicted molar refractivity (Wildman–Crippen MR) is 119 cm³/mol. The Kier molecular flexibility index (Phi) is 5.80. The Hall–Kier alpha value is -3.16. The zero-order chi connectivity index (χ0) is 22.1. The number of aryl methyl sites for hydroxylation is 1. The lowest BCUT2D eigenvalue weighted by Crippen LogP contribution is -2.54. The van der Waals surface area contributed by atoms with Crippen molar-refractivity contribution in [1.29, 1.82) is 0 Å². The van der Waals surface area contributed by atoms with Crippen molar-refractivity contribution in [3.8, 4) is 0 Å². The first-order valence-electron chi connectivity index (χ1n) is 9.96. The molecule has 0 saturated carbocycles. The quantitative estimate of drug-likeness (QED) is 0.585. The van der Waals surface area contributed by atoms with Gasteiger partial charge in [0.25, 0.3) is 11.8 Å². The van der Waals surface area contributed by atoms with E-state index in [0.717, 1.165) is 29.2 Å². The van der Waals surface area contributed by atoms with Crippen molar-refractivity contribution >= 4 is 46.9 Å². The lowest BCUT2D eigenvalue weighted by Gasteiger charge is -2.30. The minimum Gasteiger partial charge on any atom is -0.378 e. The van der Waals surface area contributed by atoms with Gasteiger partial charge >= 0.3 is 6.03 Å². The Morgan fingerprint density at radius 2 is 1.77 bits per heavy atom. The number of amides is 4. The number of anilines is 2. The molecule has 2 aliphatic heterocycles. The minimum atomic E-state index is -0.795. The van der Waals surface area contributed by atoms with Crippen LogP contribution in [0.15, 0.2) is 42.0 Å². The van der Waals surface area contributed by atoms with Gasteiger partial charge in [0.05, 0.1) is 18.9 Å². The van der Waals surface area contributed by atoms with E-state index in [1.165, 1.54) is 6.08 Å². The molecular weight excluding hydrogens is 418 g/mol. The topological polar surface area (TPSA) is 79.0 Å². The van der Waals surface area contributed by atoms with Crippen LogP contribution in [0.3, 0.4) is 0 Å². The lowest BCUT2D eigenvalue weighted by atomic mass is 10.0. The number of morpholine rings is 1. The van der Waals surface area contributed by atoms with Gasteiger partial charge in [-0.1, -0.05) is 23.7 Å². The molecule has 0 aliphatic carbocycles. The Balaban J connectivity index is 1.67. The SMILES string of the molecule is Cc1cc(/C=C2\C(=O)NC(=O)N(c3cccc(Cl)c3C)C2=O)ccc1N1CCOCC1. The third-order valence-corrected chi connectivity index (χ3v) is 5.87. The summed E-state index contributed by atoms with van der Waals surface area (Å²) in [6, 6.07) is 9.90. The van der Waals surface area contributed by atoms with Gasteiger partial charge in [-0.25, -0.2) is 9.69 Å². The summed E-state index contributed by atoms with van der Waals surface area (Å²) in [6.45, 7) is 6.71. The number of ether oxygens (including phenoxy) is 1. The van der Waals surface area contributed by atoms with Crippen LogP contribution in [0.1, 0.15) is 16.7 Å². The third-order valence-electron chi connectivity index (χ3n) is 5.47. The number of nitrogens with zero attached hydrogens (tertiary/aromatic N) is 2. The Labute approximate surface area is 185 Å². The molecule has 0 bridgehead atoms. The molecule has 0 aromatic heterocycles. The van der Waals surface area contributed by atoms with Crippen LogP contribution in [0.5, 0.6) is 0 Å². The van der Waals surface area contributed by atoms with Crippen LogP contribution in [-0.4, -0.2) is 44.1 Å². The number of rotatable bonds is 3. The molecule has 2 fully saturated rings. The molecule has 0 atom stereocenters. The highest BCUT2D eigenvalue weighted by Gasteiger charge is 2.37. The number of benzene rings is 2. The van der Waals surface area contributed by atoms with Crippen LogP contribution < -0.4 is 15.1 Å². The molecule has 4 amide bonds. The van der Waals surface area contributed by atoms with Gasteiger partial charge in [-0.15, -0.1) is 0 Å². The third kappa shape index (κ3) is 4.06. The largest absolute Gasteiger partial charge is 0.378 e. The Morgan fingerprint density at radius 1 is 1.03 bits per heavy atom. The average Bonchev–Trinajstić information content (AvgIpc) is 2.75. The molecule has 1 N–H and O–H groups in total. The number of carbonyl (C=O) groups is 3. The van der Waals surface area contributed by atoms with Crippen molar-refractivity contribution < 1.29 is 19.1 Å². The van der Waals surface area contributed by atoms with E-state index in [1.54, 1.807) is 25.1 Å². The van der Waals surface area contributed by atoms with Crippen molar-refractivity contribution in [3.63, 3.8) is 0 Å². The second-order valence-electron chi connectivity index (χ2n) is 7.49. The average molecular weight is 440 g/mol. The summed E-state index contributed by atoms with van der Waals surface area (Å²) in [6.07, 6.45) is 1.51. The van der Waals surface area contributed by atoms with Crippen LogP contribution in [0.2, 0.25) is 5.02 Å². The maximum atomic E-state index is 13.1. The molecule has 2 aliphatic rings. The van der Waals surface area contributed by atoms with Gasteiger partial charge in [0.15, 0.2) is 0 Å². The second kappa shape index (κ2) is 8.53. The molecule has 31 heavy (non-hydrogen) atoms. The molecule has 0 spiro atoms. The van der Waals surface area contributed by atoms with Crippen LogP contribution in [0.25, 0.3) is 6.08 Å². The van der Waals surface area contributed by atoms with Crippen LogP contribution >= 0.6 is 11.6 Å². The van der Waals surface area contributed by atoms with Gasteiger partial charge in [-0.3, -0.25) is 14.9 Å². The first kappa shape index (κ1) is 21.1. The molecule has 4 rings (SSSR count). The van der Waals surface area contributed by atoms with Gasteiger partial charge in [0.1, 0.15) is 5.57 Å². The molecule has 0 radical (unpaired) electrons. The lowest BCUT2D eigenvalue weighted by molar-refractivity contribution is -0.122. The molecule has 2 aromatic carbocycles. The van der Waals surface area contributed by atoms with E-state index < -0.39 is 17.8 Å². The molecule has 2 saturated heterocycles. The first-order valence-corrected chi connectivity index (χ1v) is 10.3. The van der Waals surface area contributed by atoms with Crippen LogP contribution in [0.4, 0.5) is 16.2 Å². The van der Waals surface area contributed by atoms with Gasteiger partial charge in [0, 0.05) is 23.8 Å². The summed E-state index contributed by atoms with van der Waals surface area (Å²) in [7, 11) is 0. The Bertz CT molecular complexity index is 1110. The number of nitrogens with one attached hydrogen (secondary N) is 1. The van der Waals surface area contributed by atoms with Gasteiger partial charge in [-0.2, -0.15) is 0 Å². The Morgan fingerprint density at radius 3 is 2.48 bits per heavy atom. The minimum absolute atomic E-state index is 0.113. The maximum Gasteiger partial charge on any atom is 0.335 e. The fourth-order valence-electron chi connectivity index (χ4n) is 3.81. The molecule has 7 nitrogen and oxygen atoms in total.